The van der Waals surface area contributed by atoms with E-state index in [0.29, 0.717) is 18.1 Å². The van der Waals surface area contributed by atoms with Crippen LogP contribution in [0.25, 0.3) is 11.5 Å². The van der Waals surface area contributed by atoms with Gasteiger partial charge in [0.2, 0.25) is 5.91 Å². The number of hydrogen-bond acceptors (Lipinski definition) is 5. The highest BCUT2D eigenvalue weighted by molar-refractivity contribution is 5.76. The van der Waals surface area contributed by atoms with Crippen molar-refractivity contribution in [2.24, 2.45) is 0 Å². The summed E-state index contributed by atoms with van der Waals surface area (Å²) in [6.45, 7) is 1.55. The number of aromatic nitrogens is 4. The molecule has 4 rings (SSSR count). The Balaban J connectivity index is 1.46. The molecule has 3 aromatic rings. The van der Waals surface area contributed by atoms with Gasteiger partial charge in [0.15, 0.2) is 5.82 Å². The summed E-state index contributed by atoms with van der Waals surface area (Å²) in [5.74, 6) is 1.29. The lowest BCUT2D eigenvalue weighted by Crippen LogP contribution is -2.35. The molecule has 0 saturated carbocycles. The predicted molar refractivity (Wildman–Crippen MR) is 104 cm³/mol. The number of carbonyl (C=O) groups excluding carboxylic acids is 1. The van der Waals surface area contributed by atoms with Gasteiger partial charge in [-0.05, 0) is 31.4 Å². The molecule has 0 spiro atoms. The average Bonchev–Trinajstić information content (AvgIpc) is 3.36. The van der Waals surface area contributed by atoms with Crippen molar-refractivity contribution in [2.75, 3.05) is 6.54 Å². The number of aryl methyl sites for hydroxylation is 1. The summed E-state index contributed by atoms with van der Waals surface area (Å²) >= 11 is 0. The lowest BCUT2D eigenvalue weighted by Gasteiger charge is -2.28. The first-order valence-corrected chi connectivity index (χ1v) is 9.95. The normalized spacial score (nSPS) is 17.4. The van der Waals surface area contributed by atoms with Crippen LogP contribution in [-0.2, 0) is 11.3 Å². The van der Waals surface area contributed by atoms with Crippen LogP contribution in [-0.4, -0.2) is 37.0 Å². The summed E-state index contributed by atoms with van der Waals surface area (Å²) in [6, 6.07) is 9.63. The van der Waals surface area contributed by atoms with E-state index < -0.39 is 0 Å². The number of rotatable bonds is 6. The second-order valence-corrected chi connectivity index (χ2v) is 7.18. The third-order valence-corrected chi connectivity index (χ3v) is 5.20. The van der Waals surface area contributed by atoms with Crippen LogP contribution in [0.5, 0.6) is 0 Å². The highest BCUT2D eigenvalue weighted by Crippen LogP contribution is 2.30. The summed E-state index contributed by atoms with van der Waals surface area (Å²) in [5, 5.41) is 4.22. The van der Waals surface area contributed by atoms with E-state index in [2.05, 4.69) is 15.1 Å². The fourth-order valence-corrected chi connectivity index (χ4v) is 3.72. The predicted octanol–water partition coefficient (Wildman–Crippen LogP) is 3.86. The van der Waals surface area contributed by atoms with E-state index in [1.807, 2.05) is 46.0 Å². The number of carbonyl (C=O) groups is 1. The quantitative estimate of drug-likeness (QED) is 0.650. The van der Waals surface area contributed by atoms with Crippen LogP contribution in [0, 0.1) is 0 Å². The summed E-state index contributed by atoms with van der Waals surface area (Å²) in [5.41, 5.74) is 0.896. The number of benzene rings is 1. The van der Waals surface area contributed by atoms with Crippen molar-refractivity contribution in [3.05, 3.63) is 54.9 Å². The number of likely N-dealkylation sites (tertiary alicyclic amines) is 1. The van der Waals surface area contributed by atoms with E-state index in [1.54, 1.807) is 12.5 Å². The van der Waals surface area contributed by atoms with Crippen molar-refractivity contribution in [1.82, 2.24) is 24.6 Å². The monoisotopic (exact) mass is 379 g/mol. The number of hydrogen-bond donors (Lipinski definition) is 0. The van der Waals surface area contributed by atoms with Gasteiger partial charge in [0, 0.05) is 37.5 Å². The Morgan fingerprint density at radius 3 is 2.89 bits per heavy atom. The molecule has 28 heavy (non-hydrogen) atoms. The van der Waals surface area contributed by atoms with E-state index in [4.69, 9.17) is 4.52 Å². The number of amides is 1. The van der Waals surface area contributed by atoms with E-state index in [-0.39, 0.29) is 11.9 Å². The van der Waals surface area contributed by atoms with Gasteiger partial charge in [-0.15, -0.1) is 0 Å². The van der Waals surface area contributed by atoms with Crippen molar-refractivity contribution in [3.63, 3.8) is 0 Å². The second kappa shape index (κ2) is 8.82. The Morgan fingerprint density at radius 1 is 1.18 bits per heavy atom. The molecule has 3 heterocycles. The van der Waals surface area contributed by atoms with Crippen LogP contribution in [0.15, 0.2) is 53.6 Å². The van der Waals surface area contributed by atoms with E-state index in [9.17, 15) is 4.79 Å². The lowest BCUT2D eigenvalue weighted by molar-refractivity contribution is -0.134. The van der Waals surface area contributed by atoms with Gasteiger partial charge in [-0.25, -0.2) is 4.98 Å². The first-order valence-electron chi connectivity index (χ1n) is 9.95. The Kier molecular flexibility index (Phi) is 5.80. The first-order chi connectivity index (χ1) is 13.8. The topological polar surface area (TPSA) is 77.0 Å². The fraction of sp³-hybridized carbons (Fsp3) is 0.429. The molecular formula is C21H25N5O2. The highest BCUT2D eigenvalue weighted by atomic mass is 16.5. The molecule has 1 amide bonds. The molecule has 146 valence electrons. The Bertz CT molecular complexity index is 875. The van der Waals surface area contributed by atoms with E-state index in [1.165, 1.54) is 0 Å². The first kappa shape index (κ1) is 18.4. The molecule has 2 aromatic heterocycles. The maximum Gasteiger partial charge on any atom is 0.257 e. The van der Waals surface area contributed by atoms with E-state index in [0.717, 1.165) is 50.8 Å². The van der Waals surface area contributed by atoms with Gasteiger partial charge >= 0.3 is 0 Å². The molecule has 1 saturated heterocycles. The van der Waals surface area contributed by atoms with Crippen LogP contribution in [0.1, 0.15) is 50.4 Å². The lowest BCUT2D eigenvalue weighted by atomic mass is 10.1. The third-order valence-electron chi connectivity index (χ3n) is 5.20. The molecule has 7 nitrogen and oxygen atoms in total. The Labute approximate surface area is 164 Å². The van der Waals surface area contributed by atoms with Gasteiger partial charge in [0.05, 0.1) is 12.4 Å². The molecule has 0 bridgehead atoms. The Hall–Kier alpha value is -2.96. The molecule has 7 heteroatoms. The third kappa shape index (κ3) is 4.30. The van der Waals surface area contributed by atoms with Gasteiger partial charge < -0.3 is 14.0 Å². The number of imidazole rings is 1. The Morgan fingerprint density at radius 2 is 2.07 bits per heavy atom. The van der Waals surface area contributed by atoms with Gasteiger partial charge in [-0.1, -0.05) is 36.2 Å². The zero-order valence-electron chi connectivity index (χ0n) is 15.9. The van der Waals surface area contributed by atoms with E-state index >= 15 is 0 Å². The summed E-state index contributed by atoms with van der Waals surface area (Å²) in [7, 11) is 0. The van der Waals surface area contributed by atoms with Crippen LogP contribution in [0.2, 0.25) is 0 Å². The van der Waals surface area contributed by atoms with Crippen LogP contribution in [0.3, 0.4) is 0 Å². The minimum absolute atomic E-state index is 0.107. The maximum atomic E-state index is 13.0. The number of nitrogens with zero attached hydrogens (tertiary/aromatic N) is 5. The van der Waals surface area contributed by atoms with Gasteiger partial charge in [-0.3, -0.25) is 4.79 Å². The molecule has 0 aliphatic carbocycles. The summed E-state index contributed by atoms with van der Waals surface area (Å²) in [4.78, 5) is 23.6. The maximum absolute atomic E-state index is 13.0. The SMILES string of the molecule is O=C(CCCn1ccnc1)N1CCCCCC1c1noc(-c2ccccc2)n1. The fourth-order valence-electron chi connectivity index (χ4n) is 3.72. The van der Waals surface area contributed by atoms with Crippen LogP contribution in [0.4, 0.5) is 0 Å². The molecule has 1 atom stereocenters. The zero-order chi connectivity index (χ0) is 19.2. The van der Waals surface area contributed by atoms with Crippen LogP contribution < -0.4 is 0 Å². The average molecular weight is 379 g/mol. The standard InChI is InChI=1S/C21H25N5O2/c27-19(11-7-13-25-15-12-22-16-25)26-14-6-2-5-10-18(26)20-23-21(28-24-20)17-8-3-1-4-9-17/h1,3-4,8-9,12,15-16,18H,2,5-7,10-11,13-14H2. The molecule has 1 aliphatic rings. The largest absolute Gasteiger partial charge is 0.337 e. The zero-order valence-corrected chi connectivity index (χ0v) is 15.9. The molecule has 1 fully saturated rings. The minimum atomic E-state index is -0.107. The van der Waals surface area contributed by atoms with Crippen molar-refractivity contribution in [1.29, 1.82) is 0 Å². The molecule has 1 aromatic carbocycles. The molecule has 0 radical (unpaired) electrons. The molecular weight excluding hydrogens is 354 g/mol. The van der Waals surface area contributed by atoms with Crippen molar-refractivity contribution < 1.29 is 9.32 Å². The molecule has 1 aliphatic heterocycles. The minimum Gasteiger partial charge on any atom is -0.337 e. The second-order valence-electron chi connectivity index (χ2n) is 7.18. The molecule has 1 unspecified atom stereocenters. The smallest absolute Gasteiger partial charge is 0.257 e. The summed E-state index contributed by atoms with van der Waals surface area (Å²) in [6.07, 6.45) is 10.9. The van der Waals surface area contributed by atoms with Crippen molar-refractivity contribution in [3.8, 4) is 11.5 Å². The van der Waals surface area contributed by atoms with Crippen molar-refractivity contribution in [2.45, 2.75) is 51.1 Å². The van der Waals surface area contributed by atoms with Gasteiger partial charge in [0.25, 0.3) is 5.89 Å². The summed E-state index contributed by atoms with van der Waals surface area (Å²) < 4.78 is 7.49. The van der Waals surface area contributed by atoms with Gasteiger partial charge in [0.1, 0.15) is 0 Å². The van der Waals surface area contributed by atoms with Crippen molar-refractivity contribution >= 4 is 5.91 Å². The van der Waals surface area contributed by atoms with Crippen LogP contribution >= 0.6 is 0 Å². The highest BCUT2D eigenvalue weighted by Gasteiger charge is 2.30. The molecule has 0 N–H and O–H groups in total. The van der Waals surface area contributed by atoms with Gasteiger partial charge in [-0.2, -0.15) is 4.98 Å².